The molecule has 0 aliphatic heterocycles. The topological polar surface area (TPSA) is 64.5 Å². The van der Waals surface area contributed by atoms with Crippen LogP contribution in [0.1, 0.15) is 27.2 Å². The molecule has 0 saturated carbocycles. The smallest absolute Gasteiger partial charge is 0.545 e. The van der Waals surface area contributed by atoms with Crippen LogP contribution in [0, 0.1) is 12.5 Å². The molecular weight excluding hydrogens is 281 g/mol. The van der Waals surface area contributed by atoms with Gasteiger partial charge in [-0.3, -0.25) is 13.6 Å². The predicted octanol–water partition coefficient (Wildman–Crippen LogP) is 1.32. The third-order valence-electron chi connectivity index (χ3n) is 0.474. The third kappa shape index (κ3) is 300. The maximum Gasteiger partial charge on any atom is 4.00 e. The molecule has 0 unspecified atom stereocenters. The van der Waals surface area contributed by atoms with Crippen molar-refractivity contribution in [3.8, 4) is 0 Å². The van der Waals surface area contributed by atoms with E-state index in [9.17, 15) is 0 Å². The fraction of sp³-hybridized carbons (Fsp3) is 0.600. The average molecular weight is 300 g/mol. The summed E-state index contributed by atoms with van der Waals surface area (Å²) < 4.78 is 0. The van der Waals surface area contributed by atoms with Gasteiger partial charge in [0.15, 0.2) is 0 Å². The fourth-order valence-corrected chi connectivity index (χ4v) is 0.170. The molecule has 0 aromatic heterocycles. The van der Waals surface area contributed by atoms with Crippen LogP contribution in [-0.4, -0.2) is 26.7 Å². The zero-order valence-electron chi connectivity index (χ0n) is 9.47. The largest absolute Gasteiger partial charge is 4.00 e. The first-order valence-corrected chi connectivity index (χ1v) is 3.92. The quantitative estimate of drug-likeness (QED) is 0.362. The Bertz CT molecular complexity index is 112. The molecule has 0 aliphatic carbocycles. The van der Waals surface area contributed by atoms with Crippen molar-refractivity contribution in [3.63, 3.8) is 0 Å². The maximum atomic E-state index is 7.75. The van der Waals surface area contributed by atoms with E-state index in [1.165, 1.54) is 5.92 Å². The molecule has 0 aliphatic rings. The number of nitrogens with two attached hydrogens (primary N) is 1. The van der Waals surface area contributed by atoms with Crippen molar-refractivity contribution in [3.05, 3.63) is 17.3 Å². The summed E-state index contributed by atoms with van der Waals surface area (Å²) in [5.41, 5.74) is 5.07. The first-order valence-electron chi connectivity index (χ1n) is 3.92. The Labute approximate surface area is 106 Å². The van der Waals surface area contributed by atoms with Gasteiger partial charge in [-0.15, -0.1) is 0 Å². The summed E-state index contributed by atoms with van der Waals surface area (Å²) in [6.45, 7) is 20.2. The first kappa shape index (κ1) is 29.3. The molecule has 0 atom stereocenters. The summed E-state index contributed by atoms with van der Waals surface area (Å²) in [4.78, 5) is 18.6. The van der Waals surface area contributed by atoms with Gasteiger partial charge in [-0.25, -0.2) is 6.57 Å². The molecule has 0 saturated heterocycles. The van der Waals surface area contributed by atoms with Gasteiger partial charge in [0.25, 0.3) is 0 Å². The molecule has 0 spiro atoms. The second-order valence-electron chi connectivity index (χ2n) is 2.52. The van der Waals surface area contributed by atoms with Gasteiger partial charge in [-0.2, -0.15) is 20.8 Å². The molecular formula is C10H19N2O2Ru+. The van der Waals surface area contributed by atoms with E-state index in [0.29, 0.717) is 13.1 Å². The van der Waals surface area contributed by atoms with Crippen LogP contribution >= 0.6 is 0 Å². The molecule has 0 bridgehead atoms. The number of carbonyl (C=O) groups excluding carboxylic acids is 2. The minimum Gasteiger partial charge on any atom is -0.545 e. The van der Waals surface area contributed by atoms with Crippen LogP contribution in [0.5, 0.6) is 0 Å². The zero-order valence-corrected chi connectivity index (χ0v) is 11.2. The molecule has 0 aromatic carbocycles. The second kappa shape index (κ2) is 50.3. The molecule has 0 rings (SSSR count). The van der Waals surface area contributed by atoms with Crippen molar-refractivity contribution in [2.24, 2.45) is 5.73 Å². The Hall–Kier alpha value is -0.587. The number of nitrogens with zero attached hydrogens (tertiary/aromatic N) is 1. The first-order chi connectivity index (χ1) is 6.65. The molecule has 2 N–H and O–H groups in total. The van der Waals surface area contributed by atoms with Gasteiger partial charge in [0.05, 0.1) is 0 Å². The Morgan fingerprint density at radius 2 is 1.47 bits per heavy atom. The van der Waals surface area contributed by atoms with Crippen molar-refractivity contribution >= 4 is 13.6 Å². The van der Waals surface area contributed by atoms with Crippen molar-refractivity contribution in [1.29, 1.82) is 0 Å². The van der Waals surface area contributed by atoms with E-state index in [0.717, 1.165) is 6.42 Å². The van der Waals surface area contributed by atoms with Gasteiger partial charge in [0, 0.05) is 6.42 Å². The van der Waals surface area contributed by atoms with Crippen molar-refractivity contribution in [2.45, 2.75) is 27.2 Å². The van der Waals surface area contributed by atoms with E-state index < -0.39 is 0 Å². The average Bonchev–Trinajstić information content (AvgIpc) is 2.20. The molecule has 0 aromatic rings. The summed E-state index contributed by atoms with van der Waals surface area (Å²) in [7, 11) is 0. The van der Waals surface area contributed by atoms with Crippen LogP contribution in [0.3, 0.4) is 0 Å². The fourth-order valence-electron chi connectivity index (χ4n) is 0.170. The van der Waals surface area contributed by atoms with Crippen LogP contribution < -0.4 is 5.73 Å². The van der Waals surface area contributed by atoms with Crippen LogP contribution in [0.4, 0.5) is 0 Å². The van der Waals surface area contributed by atoms with Crippen molar-refractivity contribution < 1.29 is 29.1 Å². The summed E-state index contributed by atoms with van der Waals surface area (Å²) >= 11 is 0. The van der Waals surface area contributed by atoms with Crippen LogP contribution in [-0.2, 0) is 29.1 Å². The van der Waals surface area contributed by atoms with E-state index in [1.54, 1.807) is 0 Å². The Morgan fingerprint density at radius 3 is 1.53 bits per heavy atom. The minimum absolute atomic E-state index is 0. The number of hydrogen-bond acceptors (Lipinski definition) is 3. The molecule has 0 heterocycles. The standard InChI is InChI=1S/C4H8N2.C4H9.2CHO.Ru/c1-6-4-2-3-5;1-4(2)3;2*1-2;/h2-5H2;1-3H3;2*1H;/q;3*-1;+4. The number of rotatable bonds is 2. The zero-order chi connectivity index (χ0) is 12.4. The SMILES string of the molecule is C[C-](C)C.[C-]#[N+]CCCN.[CH-]=O.[CH-]=O.[Ru+4]. The van der Waals surface area contributed by atoms with Gasteiger partial charge in [0.2, 0.25) is 6.54 Å². The van der Waals surface area contributed by atoms with E-state index in [1.807, 2.05) is 0 Å². The minimum atomic E-state index is 0. The van der Waals surface area contributed by atoms with Gasteiger partial charge >= 0.3 is 19.5 Å². The van der Waals surface area contributed by atoms with E-state index >= 15 is 0 Å². The van der Waals surface area contributed by atoms with E-state index in [2.05, 4.69) is 39.2 Å². The van der Waals surface area contributed by atoms with Crippen LogP contribution in [0.25, 0.3) is 4.85 Å². The summed E-state index contributed by atoms with van der Waals surface area (Å²) in [6, 6.07) is 0. The van der Waals surface area contributed by atoms with Crippen molar-refractivity contribution in [2.75, 3.05) is 13.1 Å². The van der Waals surface area contributed by atoms with Crippen LogP contribution in [0.15, 0.2) is 0 Å². The molecule has 4 nitrogen and oxygen atoms in total. The normalized spacial score (nSPS) is 5.87. The van der Waals surface area contributed by atoms with Gasteiger partial charge in [0.1, 0.15) is 0 Å². The third-order valence-corrected chi connectivity index (χ3v) is 0.474. The van der Waals surface area contributed by atoms with Crippen molar-refractivity contribution in [1.82, 2.24) is 0 Å². The molecule has 15 heavy (non-hydrogen) atoms. The van der Waals surface area contributed by atoms with E-state index in [4.69, 9.17) is 21.9 Å². The predicted molar refractivity (Wildman–Crippen MR) is 58.9 cm³/mol. The van der Waals surface area contributed by atoms with Gasteiger partial charge in [-0.05, 0) is 6.54 Å². The molecule has 0 fully saturated rings. The Balaban J connectivity index is -0.0000000327. The van der Waals surface area contributed by atoms with E-state index in [-0.39, 0.29) is 19.5 Å². The molecule has 0 amide bonds. The molecule has 5 heteroatoms. The van der Waals surface area contributed by atoms with Gasteiger partial charge < -0.3 is 26.1 Å². The summed E-state index contributed by atoms with van der Waals surface area (Å²) in [6.07, 6.45) is 0.837. The monoisotopic (exact) mass is 301 g/mol. The number of hydrogen-bond donors (Lipinski definition) is 1. The summed E-state index contributed by atoms with van der Waals surface area (Å²) in [5, 5.41) is 0. The Morgan fingerprint density at radius 1 is 1.20 bits per heavy atom. The summed E-state index contributed by atoms with van der Waals surface area (Å²) in [5.74, 6) is 1.42. The second-order valence-corrected chi connectivity index (χ2v) is 2.52. The van der Waals surface area contributed by atoms with Gasteiger partial charge in [-0.1, -0.05) is 0 Å². The van der Waals surface area contributed by atoms with Crippen LogP contribution in [0.2, 0.25) is 0 Å². The Kier molecular flexibility index (Phi) is 98.0. The maximum absolute atomic E-state index is 7.75. The molecule has 88 valence electrons. The molecule has 0 radical (unpaired) electrons.